The molecule has 86 valence electrons. The van der Waals surface area contributed by atoms with E-state index in [9.17, 15) is 18.4 Å². The lowest BCUT2D eigenvalue weighted by molar-refractivity contribution is 0.0937. The lowest BCUT2D eigenvalue weighted by Gasteiger charge is -2.11. The second kappa shape index (κ2) is 4.69. The maximum atomic E-state index is 13.2. The summed E-state index contributed by atoms with van der Waals surface area (Å²) in [5, 5.41) is 10.2. The first kappa shape index (κ1) is 12.1. The Labute approximate surface area is 89.9 Å². The van der Waals surface area contributed by atoms with E-state index >= 15 is 0 Å². The van der Waals surface area contributed by atoms with Gasteiger partial charge in [-0.15, -0.1) is 0 Å². The van der Waals surface area contributed by atoms with E-state index in [1.807, 2.05) is 5.32 Å². The third-order valence-electron chi connectivity index (χ3n) is 1.94. The summed E-state index contributed by atoms with van der Waals surface area (Å²) in [5.41, 5.74) is -0.733. The monoisotopic (exact) mass is 229 g/mol. The second-order valence-electron chi connectivity index (χ2n) is 3.13. The molecule has 0 saturated carbocycles. The third kappa shape index (κ3) is 2.53. The summed E-state index contributed by atoms with van der Waals surface area (Å²) in [4.78, 5) is 21.8. The van der Waals surface area contributed by atoms with Crippen molar-refractivity contribution < 1.29 is 23.5 Å². The minimum atomic E-state index is -1.43. The van der Waals surface area contributed by atoms with Gasteiger partial charge in [-0.25, -0.2) is 13.6 Å². The molecule has 0 aliphatic carbocycles. The average molecular weight is 229 g/mol. The molecule has 1 unspecified atom stereocenters. The highest BCUT2D eigenvalue weighted by atomic mass is 19.1. The van der Waals surface area contributed by atoms with Crippen LogP contribution in [0.15, 0.2) is 18.2 Å². The SMILES string of the molecule is CC(NC(=O)O)C(=O)c1c(F)cccc1F. The molecule has 0 aliphatic heterocycles. The van der Waals surface area contributed by atoms with Gasteiger partial charge in [0.05, 0.1) is 11.6 Å². The fourth-order valence-electron chi connectivity index (χ4n) is 1.20. The molecule has 0 fully saturated rings. The molecule has 16 heavy (non-hydrogen) atoms. The van der Waals surface area contributed by atoms with Crippen LogP contribution in [0, 0.1) is 11.6 Å². The lowest BCUT2D eigenvalue weighted by atomic mass is 10.0. The molecular formula is C10H9F2NO3. The van der Waals surface area contributed by atoms with Crippen molar-refractivity contribution in [1.29, 1.82) is 0 Å². The molecule has 1 rings (SSSR count). The average Bonchev–Trinajstić information content (AvgIpc) is 2.16. The Morgan fingerprint density at radius 1 is 1.31 bits per heavy atom. The number of rotatable bonds is 3. The van der Waals surface area contributed by atoms with E-state index in [0.29, 0.717) is 0 Å². The Bertz CT molecular complexity index is 414. The number of carbonyl (C=O) groups is 2. The standard InChI is InChI=1S/C10H9F2NO3/c1-5(13-10(15)16)9(14)8-6(11)3-2-4-7(8)12/h2-5,13H,1H3,(H,15,16). The summed E-state index contributed by atoms with van der Waals surface area (Å²) in [6.07, 6.45) is -1.43. The number of carboxylic acid groups (broad SMARTS) is 1. The Hall–Kier alpha value is -1.98. The summed E-state index contributed by atoms with van der Waals surface area (Å²) in [6, 6.07) is 1.79. The van der Waals surface area contributed by atoms with Crippen LogP contribution in [0.1, 0.15) is 17.3 Å². The zero-order valence-electron chi connectivity index (χ0n) is 8.33. The molecule has 6 heteroatoms. The summed E-state index contributed by atoms with van der Waals surface area (Å²) in [6.45, 7) is 1.21. The van der Waals surface area contributed by atoms with Gasteiger partial charge in [0.2, 0.25) is 0 Å². The fourth-order valence-corrected chi connectivity index (χ4v) is 1.20. The van der Waals surface area contributed by atoms with E-state index in [0.717, 1.165) is 18.2 Å². The summed E-state index contributed by atoms with van der Waals surface area (Å²) >= 11 is 0. The number of benzene rings is 1. The molecule has 0 radical (unpaired) electrons. The molecule has 1 atom stereocenters. The van der Waals surface area contributed by atoms with Crippen molar-refractivity contribution in [3.05, 3.63) is 35.4 Å². The zero-order valence-corrected chi connectivity index (χ0v) is 8.33. The predicted octanol–water partition coefficient (Wildman–Crippen LogP) is 1.80. The Morgan fingerprint density at radius 3 is 2.25 bits per heavy atom. The summed E-state index contributed by atoms with van der Waals surface area (Å²) < 4.78 is 26.3. The van der Waals surface area contributed by atoms with E-state index in [-0.39, 0.29) is 0 Å². The van der Waals surface area contributed by atoms with Crippen molar-refractivity contribution in [3.63, 3.8) is 0 Å². The van der Waals surface area contributed by atoms with Crippen LogP contribution in [0.5, 0.6) is 0 Å². The molecular weight excluding hydrogens is 220 g/mol. The van der Waals surface area contributed by atoms with Crippen molar-refractivity contribution in [1.82, 2.24) is 5.32 Å². The molecule has 1 aromatic carbocycles. The highest BCUT2D eigenvalue weighted by molar-refractivity contribution is 6.01. The number of hydrogen-bond acceptors (Lipinski definition) is 2. The normalized spacial score (nSPS) is 11.9. The molecule has 0 heterocycles. The van der Waals surface area contributed by atoms with Crippen LogP contribution >= 0.6 is 0 Å². The molecule has 4 nitrogen and oxygen atoms in total. The number of hydrogen-bond donors (Lipinski definition) is 2. The number of Topliss-reactive ketones (excluding diaryl/α,β-unsaturated/α-hetero) is 1. The smallest absolute Gasteiger partial charge is 0.405 e. The largest absolute Gasteiger partial charge is 0.465 e. The number of ketones is 1. The highest BCUT2D eigenvalue weighted by Gasteiger charge is 2.23. The lowest BCUT2D eigenvalue weighted by Crippen LogP contribution is -2.38. The zero-order chi connectivity index (χ0) is 12.3. The van der Waals surface area contributed by atoms with Crippen LogP contribution in [0.2, 0.25) is 0 Å². The van der Waals surface area contributed by atoms with Gasteiger partial charge in [-0.05, 0) is 19.1 Å². The maximum absolute atomic E-state index is 13.2. The second-order valence-corrected chi connectivity index (χ2v) is 3.13. The Morgan fingerprint density at radius 2 is 1.81 bits per heavy atom. The van der Waals surface area contributed by atoms with Crippen LogP contribution in [-0.4, -0.2) is 23.0 Å². The molecule has 0 saturated heterocycles. The minimum absolute atomic E-state index is 0.733. The first-order chi connectivity index (χ1) is 7.43. The van der Waals surface area contributed by atoms with Gasteiger partial charge in [0.25, 0.3) is 0 Å². The number of halogens is 2. The molecule has 0 aromatic heterocycles. The van der Waals surface area contributed by atoms with E-state index in [1.54, 1.807) is 0 Å². The quantitative estimate of drug-likeness (QED) is 0.776. The molecule has 0 aliphatic rings. The summed E-state index contributed by atoms with van der Waals surface area (Å²) in [5.74, 6) is -2.97. The molecule has 1 amide bonds. The fraction of sp³-hybridized carbons (Fsp3) is 0.200. The van der Waals surface area contributed by atoms with Crippen molar-refractivity contribution in [2.24, 2.45) is 0 Å². The van der Waals surface area contributed by atoms with Gasteiger partial charge in [-0.2, -0.15) is 0 Å². The van der Waals surface area contributed by atoms with Gasteiger partial charge in [0, 0.05) is 0 Å². The van der Waals surface area contributed by atoms with Crippen molar-refractivity contribution in [2.45, 2.75) is 13.0 Å². The van der Waals surface area contributed by atoms with Crippen LogP contribution in [0.4, 0.5) is 13.6 Å². The van der Waals surface area contributed by atoms with Gasteiger partial charge in [-0.1, -0.05) is 6.07 Å². The number of amides is 1. The molecule has 0 spiro atoms. The van der Waals surface area contributed by atoms with Crippen LogP contribution in [0.25, 0.3) is 0 Å². The van der Waals surface area contributed by atoms with Crippen molar-refractivity contribution in [3.8, 4) is 0 Å². The maximum Gasteiger partial charge on any atom is 0.405 e. The topological polar surface area (TPSA) is 66.4 Å². The van der Waals surface area contributed by atoms with Gasteiger partial charge in [0.1, 0.15) is 11.6 Å². The minimum Gasteiger partial charge on any atom is -0.465 e. The number of carbonyl (C=O) groups excluding carboxylic acids is 1. The first-order valence-corrected chi connectivity index (χ1v) is 4.41. The Kier molecular flexibility index (Phi) is 3.55. The predicted molar refractivity (Wildman–Crippen MR) is 51.3 cm³/mol. The van der Waals surface area contributed by atoms with E-state index in [1.165, 1.54) is 6.92 Å². The van der Waals surface area contributed by atoms with Crippen LogP contribution in [-0.2, 0) is 0 Å². The van der Waals surface area contributed by atoms with Gasteiger partial charge in [0.15, 0.2) is 5.78 Å². The molecule has 2 N–H and O–H groups in total. The molecule has 0 bridgehead atoms. The van der Waals surface area contributed by atoms with Crippen LogP contribution in [0.3, 0.4) is 0 Å². The van der Waals surface area contributed by atoms with E-state index in [4.69, 9.17) is 5.11 Å². The van der Waals surface area contributed by atoms with Crippen molar-refractivity contribution in [2.75, 3.05) is 0 Å². The van der Waals surface area contributed by atoms with E-state index < -0.39 is 35.1 Å². The third-order valence-corrected chi connectivity index (χ3v) is 1.94. The summed E-state index contributed by atoms with van der Waals surface area (Å²) in [7, 11) is 0. The van der Waals surface area contributed by atoms with Gasteiger partial charge >= 0.3 is 6.09 Å². The van der Waals surface area contributed by atoms with Gasteiger partial charge in [-0.3, -0.25) is 4.79 Å². The van der Waals surface area contributed by atoms with Crippen molar-refractivity contribution >= 4 is 11.9 Å². The van der Waals surface area contributed by atoms with Gasteiger partial charge < -0.3 is 10.4 Å². The van der Waals surface area contributed by atoms with E-state index in [2.05, 4.69) is 0 Å². The Balaban J connectivity index is 3.00. The highest BCUT2D eigenvalue weighted by Crippen LogP contribution is 2.14. The first-order valence-electron chi connectivity index (χ1n) is 4.41. The molecule has 1 aromatic rings. The van der Waals surface area contributed by atoms with Crippen LogP contribution < -0.4 is 5.32 Å². The number of nitrogens with one attached hydrogen (secondary N) is 1.